The van der Waals surface area contributed by atoms with Gasteiger partial charge in [-0.1, -0.05) is 65.8 Å². The summed E-state index contributed by atoms with van der Waals surface area (Å²) >= 11 is 7.24. The molecule has 0 unspecified atom stereocenters. The first kappa shape index (κ1) is 26.6. The molecule has 0 radical (unpaired) electrons. The maximum absolute atomic E-state index is 13.0. The van der Waals surface area contributed by atoms with Crippen molar-refractivity contribution in [3.63, 3.8) is 0 Å². The molecule has 1 amide bonds. The van der Waals surface area contributed by atoms with Crippen LogP contribution in [0, 0.1) is 0 Å². The molecular formula is C26H23ClF3N5OS. The average Bonchev–Trinajstić information content (AvgIpc) is 3.27. The number of thioether (sulfide) groups is 1. The van der Waals surface area contributed by atoms with E-state index in [1.165, 1.54) is 23.9 Å². The molecule has 0 aliphatic heterocycles. The Morgan fingerprint density at radius 1 is 0.946 bits per heavy atom. The van der Waals surface area contributed by atoms with Crippen LogP contribution < -0.4 is 10.6 Å². The summed E-state index contributed by atoms with van der Waals surface area (Å²) in [6.07, 6.45) is -3.76. The van der Waals surface area contributed by atoms with E-state index in [4.69, 9.17) is 11.6 Å². The third kappa shape index (κ3) is 7.74. The largest absolute Gasteiger partial charge is 0.416 e. The second kappa shape index (κ2) is 12.2. The molecular weight excluding hydrogens is 523 g/mol. The van der Waals surface area contributed by atoms with Gasteiger partial charge >= 0.3 is 6.18 Å². The Hall–Kier alpha value is -3.50. The molecule has 0 aliphatic rings. The molecule has 6 nitrogen and oxygen atoms in total. The maximum atomic E-state index is 13.0. The number of hydrogen-bond acceptors (Lipinski definition) is 5. The fourth-order valence-corrected chi connectivity index (χ4v) is 4.52. The van der Waals surface area contributed by atoms with Gasteiger partial charge in [0.15, 0.2) is 11.0 Å². The van der Waals surface area contributed by atoms with Crippen LogP contribution in [0.3, 0.4) is 0 Å². The van der Waals surface area contributed by atoms with Gasteiger partial charge in [-0.05, 0) is 48.4 Å². The highest BCUT2D eigenvalue weighted by Gasteiger charge is 2.30. The van der Waals surface area contributed by atoms with Crippen LogP contribution in [0.4, 0.5) is 24.5 Å². The lowest BCUT2D eigenvalue weighted by molar-refractivity contribution is -0.137. The summed E-state index contributed by atoms with van der Waals surface area (Å²) in [5.41, 5.74) is 1.23. The van der Waals surface area contributed by atoms with Crippen LogP contribution in [0.1, 0.15) is 17.0 Å². The van der Waals surface area contributed by atoms with Crippen molar-refractivity contribution in [2.24, 2.45) is 0 Å². The smallest absolute Gasteiger partial charge is 0.378 e. The number of benzene rings is 3. The lowest BCUT2D eigenvalue weighted by Crippen LogP contribution is -2.16. The number of hydrogen-bond donors (Lipinski definition) is 2. The van der Waals surface area contributed by atoms with Crippen LogP contribution >= 0.6 is 23.4 Å². The van der Waals surface area contributed by atoms with E-state index in [9.17, 15) is 18.0 Å². The van der Waals surface area contributed by atoms with E-state index in [1.54, 1.807) is 12.1 Å². The Balaban J connectivity index is 1.44. The molecule has 0 atom stereocenters. The number of carbonyl (C=O) groups excluding carboxylic acids is 1. The van der Waals surface area contributed by atoms with E-state index in [0.717, 1.165) is 29.8 Å². The zero-order chi connectivity index (χ0) is 26.3. The van der Waals surface area contributed by atoms with Gasteiger partial charge < -0.3 is 15.2 Å². The molecule has 37 heavy (non-hydrogen) atoms. The van der Waals surface area contributed by atoms with Gasteiger partial charge in [0.05, 0.1) is 17.9 Å². The predicted molar refractivity (Wildman–Crippen MR) is 140 cm³/mol. The minimum atomic E-state index is -4.49. The van der Waals surface area contributed by atoms with Crippen LogP contribution in [0.25, 0.3) is 0 Å². The zero-order valence-electron chi connectivity index (χ0n) is 19.5. The van der Waals surface area contributed by atoms with Crippen LogP contribution in [-0.2, 0) is 30.5 Å². The normalized spacial score (nSPS) is 11.4. The van der Waals surface area contributed by atoms with Gasteiger partial charge in [-0.3, -0.25) is 4.79 Å². The monoisotopic (exact) mass is 545 g/mol. The third-order valence-corrected chi connectivity index (χ3v) is 6.54. The van der Waals surface area contributed by atoms with Crippen molar-refractivity contribution >= 4 is 40.6 Å². The van der Waals surface area contributed by atoms with Crippen molar-refractivity contribution in [1.29, 1.82) is 0 Å². The highest BCUT2D eigenvalue weighted by molar-refractivity contribution is 7.99. The minimum Gasteiger partial charge on any atom is -0.378 e. The third-order valence-electron chi connectivity index (χ3n) is 5.34. The number of anilines is 2. The Labute approximate surface area is 221 Å². The molecule has 4 aromatic rings. The molecule has 11 heteroatoms. The summed E-state index contributed by atoms with van der Waals surface area (Å²) in [5, 5.41) is 15.5. The second-order valence-corrected chi connectivity index (χ2v) is 9.44. The predicted octanol–water partition coefficient (Wildman–Crippen LogP) is 6.54. The molecule has 0 fully saturated rings. The summed E-state index contributed by atoms with van der Waals surface area (Å²) in [5.74, 6) is 0.193. The zero-order valence-corrected chi connectivity index (χ0v) is 21.1. The van der Waals surface area contributed by atoms with E-state index in [-0.39, 0.29) is 11.4 Å². The summed E-state index contributed by atoms with van der Waals surface area (Å²) in [4.78, 5) is 12.5. The Kier molecular flexibility index (Phi) is 8.73. The number of nitrogens with zero attached hydrogens (tertiary/aromatic N) is 3. The lowest BCUT2D eigenvalue weighted by Gasteiger charge is -2.12. The van der Waals surface area contributed by atoms with Crippen molar-refractivity contribution in [3.05, 3.63) is 101 Å². The van der Waals surface area contributed by atoms with Crippen LogP contribution in [0.15, 0.2) is 84.0 Å². The molecule has 0 saturated carbocycles. The average molecular weight is 546 g/mol. The summed E-state index contributed by atoms with van der Waals surface area (Å²) in [6.45, 7) is 0.972. The fraction of sp³-hybridized carbons (Fsp3) is 0.192. The quantitative estimate of drug-likeness (QED) is 0.221. The Bertz CT molecular complexity index is 1350. The highest BCUT2D eigenvalue weighted by atomic mass is 35.5. The number of amides is 1. The first-order valence-electron chi connectivity index (χ1n) is 11.3. The van der Waals surface area contributed by atoms with Gasteiger partial charge in [0.1, 0.15) is 0 Å². The molecule has 0 spiro atoms. The van der Waals surface area contributed by atoms with Gasteiger partial charge in [-0.25, -0.2) is 0 Å². The summed E-state index contributed by atoms with van der Waals surface area (Å²) in [7, 11) is 0. The molecule has 192 valence electrons. The topological polar surface area (TPSA) is 71.8 Å². The molecule has 4 rings (SSSR count). The van der Waals surface area contributed by atoms with Gasteiger partial charge in [-0.2, -0.15) is 13.2 Å². The Morgan fingerprint density at radius 3 is 2.46 bits per heavy atom. The van der Waals surface area contributed by atoms with E-state index in [1.807, 2.05) is 47.0 Å². The van der Waals surface area contributed by atoms with Crippen LogP contribution in [0.2, 0.25) is 5.02 Å². The highest BCUT2D eigenvalue weighted by Crippen LogP contribution is 2.30. The van der Waals surface area contributed by atoms with Crippen molar-refractivity contribution in [2.75, 3.05) is 16.4 Å². The van der Waals surface area contributed by atoms with E-state index in [2.05, 4.69) is 20.8 Å². The number of alkyl halides is 3. The van der Waals surface area contributed by atoms with Gasteiger partial charge in [0.2, 0.25) is 5.91 Å². The van der Waals surface area contributed by atoms with Gasteiger partial charge in [0, 0.05) is 22.9 Å². The lowest BCUT2D eigenvalue weighted by atomic mass is 10.1. The van der Waals surface area contributed by atoms with Crippen LogP contribution in [0.5, 0.6) is 0 Å². The SMILES string of the molecule is O=C(CSc1nnc(CNc2cccc(Cl)c2)n1CCc1ccccc1)Nc1cccc(C(F)(F)F)c1. The standard InChI is InChI=1S/C26H23ClF3N5OS/c27-20-9-5-10-21(15-20)31-16-23-33-34-25(35(23)13-12-18-6-2-1-3-7-18)37-17-24(36)32-22-11-4-8-19(14-22)26(28,29)30/h1-11,14-15,31H,12-13,16-17H2,(H,32,36). The first-order chi connectivity index (χ1) is 17.8. The molecule has 1 aromatic heterocycles. The molecule has 3 aromatic carbocycles. The fourth-order valence-electron chi connectivity index (χ4n) is 3.55. The van der Waals surface area contributed by atoms with Crippen molar-refractivity contribution in [2.45, 2.75) is 30.8 Å². The van der Waals surface area contributed by atoms with Gasteiger partial charge in [0.25, 0.3) is 0 Å². The number of aromatic nitrogens is 3. The van der Waals surface area contributed by atoms with Crippen molar-refractivity contribution < 1.29 is 18.0 Å². The summed E-state index contributed by atoms with van der Waals surface area (Å²) < 4.78 is 40.8. The number of carbonyl (C=O) groups is 1. The minimum absolute atomic E-state index is 0.0402. The number of aryl methyl sites for hydroxylation is 1. The molecule has 1 heterocycles. The van der Waals surface area contributed by atoms with Crippen LogP contribution in [-0.4, -0.2) is 26.4 Å². The number of nitrogens with one attached hydrogen (secondary N) is 2. The number of rotatable bonds is 10. The molecule has 2 N–H and O–H groups in total. The van der Waals surface area contributed by atoms with Crippen molar-refractivity contribution in [3.8, 4) is 0 Å². The number of halogens is 4. The Morgan fingerprint density at radius 2 is 1.70 bits per heavy atom. The van der Waals surface area contributed by atoms with E-state index >= 15 is 0 Å². The molecule has 0 saturated heterocycles. The van der Waals surface area contributed by atoms with Gasteiger partial charge in [-0.15, -0.1) is 10.2 Å². The molecule has 0 aliphatic carbocycles. The van der Waals surface area contributed by atoms with Crippen molar-refractivity contribution in [1.82, 2.24) is 14.8 Å². The first-order valence-corrected chi connectivity index (χ1v) is 12.7. The maximum Gasteiger partial charge on any atom is 0.416 e. The summed E-state index contributed by atoms with van der Waals surface area (Å²) in [6, 6.07) is 21.8. The van der Waals surface area contributed by atoms with E-state index < -0.39 is 17.6 Å². The molecule has 0 bridgehead atoms. The van der Waals surface area contributed by atoms with E-state index in [0.29, 0.717) is 29.1 Å². The second-order valence-electron chi connectivity index (χ2n) is 8.07.